The minimum absolute atomic E-state index is 0.152. The van der Waals surface area contributed by atoms with Crippen molar-refractivity contribution in [2.24, 2.45) is 5.10 Å². The number of amides is 1. The molecule has 3 aromatic rings. The number of nitrogens with zero attached hydrogens (tertiary/aromatic N) is 1. The van der Waals surface area contributed by atoms with Crippen LogP contribution in [-0.4, -0.2) is 18.7 Å². The van der Waals surface area contributed by atoms with Gasteiger partial charge in [-0.15, -0.1) is 0 Å². The highest BCUT2D eigenvalue weighted by molar-refractivity contribution is 6.44. The molecule has 0 aliphatic rings. The molecule has 156 valence electrons. The molecule has 0 unspecified atom stereocenters. The molecule has 0 saturated heterocycles. The number of hydrogen-bond acceptors (Lipinski definition) is 4. The topological polar surface area (TPSA) is 63.8 Å². The Morgan fingerprint density at radius 2 is 1.77 bits per heavy atom. The van der Waals surface area contributed by atoms with Crippen LogP contribution in [0.15, 0.2) is 58.0 Å². The zero-order chi connectivity index (χ0) is 21.7. The lowest BCUT2D eigenvalue weighted by molar-refractivity contribution is -0.123. The summed E-state index contributed by atoms with van der Waals surface area (Å²) < 4.78 is 11.1. The third-order valence-corrected chi connectivity index (χ3v) is 5.23. The third-order valence-electron chi connectivity index (χ3n) is 4.20. The van der Waals surface area contributed by atoms with E-state index >= 15 is 0 Å². The number of benzene rings is 2. The zero-order valence-electron chi connectivity index (χ0n) is 16.3. The number of furan rings is 1. The van der Waals surface area contributed by atoms with Crippen molar-refractivity contribution in [1.82, 2.24) is 5.43 Å². The standard InChI is InChI=1S/C22H19Cl3N2O3/c1-13(2)14-3-5-15(6-4-14)29-12-22(28)27-26-11-16-7-8-21(30-16)17-9-19(24)20(25)10-18(17)23/h3-11,13H,12H2,1-2H3,(H,27,28). The van der Waals surface area contributed by atoms with Crippen molar-refractivity contribution in [2.75, 3.05) is 6.61 Å². The van der Waals surface area contributed by atoms with E-state index in [2.05, 4.69) is 24.4 Å². The molecule has 1 aromatic heterocycles. The summed E-state index contributed by atoms with van der Waals surface area (Å²) in [5, 5.41) is 5.01. The molecular formula is C22H19Cl3N2O3. The maximum atomic E-state index is 11.9. The highest BCUT2D eigenvalue weighted by atomic mass is 35.5. The second kappa shape index (κ2) is 10.0. The Kier molecular flexibility index (Phi) is 7.43. The van der Waals surface area contributed by atoms with Gasteiger partial charge in [-0.1, -0.05) is 60.8 Å². The van der Waals surface area contributed by atoms with E-state index in [0.29, 0.717) is 43.8 Å². The first-order chi connectivity index (χ1) is 14.3. The van der Waals surface area contributed by atoms with E-state index in [1.807, 2.05) is 24.3 Å². The largest absolute Gasteiger partial charge is 0.484 e. The molecule has 0 spiro atoms. The average Bonchev–Trinajstić information content (AvgIpc) is 3.18. The van der Waals surface area contributed by atoms with E-state index in [1.54, 1.807) is 24.3 Å². The van der Waals surface area contributed by atoms with Gasteiger partial charge in [0.15, 0.2) is 6.61 Å². The van der Waals surface area contributed by atoms with Gasteiger partial charge in [0.25, 0.3) is 5.91 Å². The van der Waals surface area contributed by atoms with Crippen LogP contribution in [-0.2, 0) is 4.79 Å². The Bertz CT molecular complexity index is 1060. The molecule has 1 amide bonds. The lowest BCUT2D eigenvalue weighted by atomic mass is 10.0. The second-order valence-electron chi connectivity index (χ2n) is 6.75. The molecule has 0 fully saturated rings. The van der Waals surface area contributed by atoms with E-state index in [1.165, 1.54) is 11.8 Å². The first-order valence-electron chi connectivity index (χ1n) is 9.13. The fraction of sp³-hybridized carbons (Fsp3) is 0.182. The minimum atomic E-state index is -0.390. The fourth-order valence-electron chi connectivity index (χ4n) is 2.58. The Labute approximate surface area is 189 Å². The van der Waals surface area contributed by atoms with Crippen LogP contribution in [0.4, 0.5) is 0 Å². The van der Waals surface area contributed by atoms with Gasteiger partial charge in [0.1, 0.15) is 17.3 Å². The fourth-order valence-corrected chi connectivity index (χ4v) is 3.22. The SMILES string of the molecule is CC(C)c1ccc(OCC(=O)NN=Cc2ccc(-c3cc(Cl)c(Cl)cc3Cl)o2)cc1. The maximum Gasteiger partial charge on any atom is 0.277 e. The first kappa shape index (κ1) is 22.2. The van der Waals surface area contributed by atoms with Crippen LogP contribution in [0.3, 0.4) is 0 Å². The molecule has 0 aliphatic heterocycles. The van der Waals surface area contributed by atoms with Gasteiger partial charge in [-0.3, -0.25) is 4.79 Å². The van der Waals surface area contributed by atoms with E-state index in [-0.39, 0.29) is 6.61 Å². The molecule has 30 heavy (non-hydrogen) atoms. The summed E-state index contributed by atoms with van der Waals surface area (Å²) in [7, 11) is 0. The molecule has 8 heteroatoms. The van der Waals surface area contributed by atoms with Gasteiger partial charge >= 0.3 is 0 Å². The molecule has 0 radical (unpaired) electrons. The van der Waals surface area contributed by atoms with Crippen LogP contribution in [0.5, 0.6) is 5.75 Å². The van der Waals surface area contributed by atoms with Crippen LogP contribution in [0, 0.1) is 0 Å². The number of nitrogens with one attached hydrogen (secondary N) is 1. The van der Waals surface area contributed by atoms with Crippen molar-refractivity contribution in [3.8, 4) is 17.1 Å². The number of carbonyl (C=O) groups is 1. The van der Waals surface area contributed by atoms with Crippen molar-refractivity contribution in [1.29, 1.82) is 0 Å². The van der Waals surface area contributed by atoms with Crippen molar-refractivity contribution in [3.63, 3.8) is 0 Å². The van der Waals surface area contributed by atoms with Gasteiger partial charge in [-0.05, 0) is 47.9 Å². The van der Waals surface area contributed by atoms with Crippen LogP contribution in [0.1, 0.15) is 31.1 Å². The van der Waals surface area contributed by atoms with Crippen LogP contribution in [0.25, 0.3) is 11.3 Å². The second-order valence-corrected chi connectivity index (χ2v) is 7.98. The number of hydrazone groups is 1. The van der Waals surface area contributed by atoms with Gasteiger partial charge in [0, 0.05) is 5.56 Å². The van der Waals surface area contributed by atoms with Crippen molar-refractivity contribution < 1.29 is 13.9 Å². The van der Waals surface area contributed by atoms with Crippen molar-refractivity contribution >= 4 is 46.9 Å². The van der Waals surface area contributed by atoms with Gasteiger partial charge < -0.3 is 9.15 Å². The van der Waals surface area contributed by atoms with E-state index in [9.17, 15) is 4.79 Å². The number of carbonyl (C=O) groups excluding carboxylic acids is 1. The van der Waals surface area contributed by atoms with E-state index < -0.39 is 5.91 Å². The average molecular weight is 466 g/mol. The number of halogens is 3. The third kappa shape index (κ3) is 5.79. The molecule has 1 heterocycles. The van der Waals surface area contributed by atoms with E-state index in [4.69, 9.17) is 44.0 Å². The summed E-state index contributed by atoms with van der Waals surface area (Å²) in [5.41, 5.74) is 4.20. The van der Waals surface area contributed by atoms with E-state index in [0.717, 1.165) is 0 Å². The summed E-state index contributed by atoms with van der Waals surface area (Å²) in [6, 6.07) is 14.2. The molecule has 3 rings (SSSR count). The number of hydrogen-bond donors (Lipinski definition) is 1. The van der Waals surface area contributed by atoms with Gasteiger partial charge in [-0.2, -0.15) is 5.10 Å². The molecule has 0 atom stereocenters. The Balaban J connectivity index is 1.53. The Morgan fingerprint density at radius 3 is 2.47 bits per heavy atom. The first-order valence-corrected chi connectivity index (χ1v) is 10.3. The quantitative estimate of drug-likeness (QED) is 0.244. The summed E-state index contributed by atoms with van der Waals surface area (Å²) >= 11 is 18.2. The smallest absolute Gasteiger partial charge is 0.277 e. The lowest BCUT2D eigenvalue weighted by Crippen LogP contribution is -2.24. The lowest BCUT2D eigenvalue weighted by Gasteiger charge is -2.08. The molecule has 1 N–H and O–H groups in total. The summed E-state index contributed by atoms with van der Waals surface area (Å²) in [6.45, 7) is 4.08. The molecule has 0 aliphatic carbocycles. The summed E-state index contributed by atoms with van der Waals surface area (Å²) in [5.74, 6) is 1.59. The van der Waals surface area contributed by atoms with Gasteiger partial charge in [-0.25, -0.2) is 5.43 Å². The van der Waals surface area contributed by atoms with Gasteiger partial charge in [0.05, 0.1) is 21.3 Å². The zero-order valence-corrected chi connectivity index (χ0v) is 18.6. The molecular weight excluding hydrogens is 447 g/mol. The molecule has 5 nitrogen and oxygen atoms in total. The Morgan fingerprint density at radius 1 is 1.07 bits per heavy atom. The van der Waals surface area contributed by atoms with Crippen LogP contribution >= 0.6 is 34.8 Å². The maximum absolute atomic E-state index is 11.9. The van der Waals surface area contributed by atoms with Crippen molar-refractivity contribution in [3.05, 3.63) is 74.9 Å². The van der Waals surface area contributed by atoms with Crippen molar-refractivity contribution in [2.45, 2.75) is 19.8 Å². The molecule has 0 saturated carbocycles. The predicted molar refractivity (Wildman–Crippen MR) is 121 cm³/mol. The van der Waals surface area contributed by atoms with Crippen LogP contribution in [0.2, 0.25) is 15.1 Å². The number of rotatable bonds is 7. The minimum Gasteiger partial charge on any atom is -0.484 e. The highest BCUT2D eigenvalue weighted by Crippen LogP contribution is 2.35. The monoisotopic (exact) mass is 464 g/mol. The van der Waals surface area contributed by atoms with Crippen LogP contribution < -0.4 is 10.2 Å². The highest BCUT2D eigenvalue weighted by Gasteiger charge is 2.11. The van der Waals surface area contributed by atoms with Gasteiger partial charge in [0.2, 0.25) is 0 Å². The molecule has 0 bridgehead atoms. The number of ether oxygens (including phenoxy) is 1. The summed E-state index contributed by atoms with van der Waals surface area (Å²) in [6.07, 6.45) is 1.38. The molecule has 2 aromatic carbocycles. The normalized spacial score (nSPS) is 11.3. The summed E-state index contributed by atoms with van der Waals surface area (Å²) in [4.78, 5) is 11.9. The predicted octanol–water partition coefficient (Wildman–Crippen LogP) is 6.56. The Hall–Kier alpha value is -2.47.